The summed E-state index contributed by atoms with van der Waals surface area (Å²) in [5.41, 5.74) is 6.68. The summed E-state index contributed by atoms with van der Waals surface area (Å²) in [6.45, 7) is 0.323. The van der Waals surface area contributed by atoms with Gasteiger partial charge in [-0.25, -0.2) is 13.4 Å². The van der Waals surface area contributed by atoms with Gasteiger partial charge in [-0.05, 0) is 0 Å². The Morgan fingerprint density at radius 1 is 1.44 bits per heavy atom. The molecule has 0 bridgehead atoms. The van der Waals surface area contributed by atoms with Crippen LogP contribution in [0.25, 0.3) is 11.2 Å². The van der Waals surface area contributed by atoms with Crippen LogP contribution in [0, 0.1) is 0 Å². The summed E-state index contributed by atoms with van der Waals surface area (Å²) in [6.07, 6.45) is 2.69. The molecule has 0 aromatic carbocycles. The molecule has 0 amide bonds. The first-order valence-corrected chi connectivity index (χ1v) is 7.28. The lowest BCUT2D eigenvalue weighted by Gasteiger charge is -2.17. The molecule has 0 radical (unpaired) electrons. The molecule has 18 heavy (non-hydrogen) atoms. The molecule has 0 spiro atoms. The number of fused-ring (bicyclic) bond motifs is 1. The van der Waals surface area contributed by atoms with Gasteiger partial charge in [0.25, 0.3) is 0 Å². The van der Waals surface area contributed by atoms with Crippen molar-refractivity contribution >= 4 is 32.8 Å². The first kappa shape index (κ1) is 12.6. The van der Waals surface area contributed by atoms with E-state index in [1.807, 2.05) is 0 Å². The highest BCUT2D eigenvalue weighted by atomic mass is 32.2. The minimum atomic E-state index is -3.02. The first-order chi connectivity index (χ1) is 8.37. The molecule has 98 valence electrons. The van der Waals surface area contributed by atoms with Gasteiger partial charge < -0.3 is 15.6 Å². The maximum Gasteiger partial charge on any atom is 0.224 e. The molecule has 2 aromatic rings. The van der Waals surface area contributed by atoms with Gasteiger partial charge in [-0.15, -0.1) is 0 Å². The fourth-order valence-electron chi connectivity index (χ4n) is 1.52. The molecule has 0 aliphatic heterocycles. The van der Waals surface area contributed by atoms with Gasteiger partial charge in [0.1, 0.15) is 15.4 Å². The maximum absolute atomic E-state index is 11.1. The van der Waals surface area contributed by atoms with Crippen molar-refractivity contribution in [1.29, 1.82) is 0 Å². The molecule has 8 nitrogen and oxygen atoms in total. The van der Waals surface area contributed by atoms with E-state index >= 15 is 0 Å². The summed E-state index contributed by atoms with van der Waals surface area (Å²) in [5.74, 6) is 0.692. The van der Waals surface area contributed by atoms with Crippen LogP contribution >= 0.6 is 0 Å². The number of nitrogen functional groups attached to an aromatic ring is 1. The van der Waals surface area contributed by atoms with Crippen molar-refractivity contribution in [1.82, 2.24) is 19.9 Å². The van der Waals surface area contributed by atoms with Crippen LogP contribution < -0.4 is 10.6 Å². The summed E-state index contributed by atoms with van der Waals surface area (Å²) in [6, 6.07) is 0. The van der Waals surface area contributed by atoms with E-state index in [-0.39, 0.29) is 11.7 Å². The highest BCUT2D eigenvalue weighted by Gasteiger charge is 2.14. The normalized spacial score (nSPS) is 11.9. The Labute approximate surface area is 104 Å². The zero-order chi connectivity index (χ0) is 13.3. The lowest BCUT2D eigenvalue weighted by atomic mass is 10.4. The van der Waals surface area contributed by atoms with Crippen molar-refractivity contribution in [2.75, 3.05) is 36.2 Å². The van der Waals surface area contributed by atoms with E-state index in [2.05, 4.69) is 19.9 Å². The quantitative estimate of drug-likeness (QED) is 0.762. The van der Waals surface area contributed by atoms with E-state index < -0.39 is 9.84 Å². The Kier molecular flexibility index (Phi) is 3.07. The van der Waals surface area contributed by atoms with Gasteiger partial charge in [-0.3, -0.25) is 0 Å². The topological polar surface area (TPSA) is 118 Å². The van der Waals surface area contributed by atoms with Gasteiger partial charge in [-0.2, -0.15) is 9.97 Å². The zero-order valence-corrected chi connectivity index (χ0v) is 10.9. The van der Waals surface area contributed by atoms with Crippen LogP contribution in [0.3, 0.4) is 0 Å². The van der Waals surface area contributed by atoms with Crippen molar-refractivity contribution in [2.45, 2.75) is 0 Å². The average Bonchev–Trinajstić information content (AvgIpc) is 2.71. The van der Waals surface area contributed by atoms with Crippen LogP contribution in [-0.4, -0.2) is 54.0 Å². The third-order valence-corrected chi connectivity index (χ3v) is 3.37. The van der Waals surface area contributed by atoms with Crippen LogP contribution in [0.4, 0.5) is 11.8 Å². The van der Waals surface area contributed by atoms with Gasteiger partial charge in [0.15, 0.2) is 11.5 Å². The number of nitrogens with one attached hydrogen (secondary N) is 1. The van der Waals surface area contributed by atoms with Crippen LogP contribution in [0.15, 0.2) is 6.33 Å². The van der Waals surface area contributed by atoms with Gasteiger partial charge in [0.05, 0.1) is 12.1 Å². The van der Waals surface area contributed by atoms with Crippen LogP contribution in [0.1, 0.15) is 0 Å². The number of nitrogens with zero attached hydrogens (tertiary/aromatic N) is 4. The van der Waals surface area contributed by atoms with E-state index in [0.29, 0.717) is 23.5 Å². The minimum Gasteiger partial charge on any atom is -0.368 e. The monoisotopic (exact) mass is 270 g/mol. The molecular weight excluding hydrogens is 256 g/mol. The molecular formula is C9H14N6O2S. The molecule has 0 atom stereocenters. The lowest BCUT2D eigenvalue weighted by molar-refractivity contribution is 0.601. The Hall–Kier alpha value is -1.90. The summed E-state index contributed by atoms with van der Waals surface area (Å²) < 4.78 is 22.3. The smallest absolute Gasteiger partial charge is 0.224 e. The second-order valence-corrected chi connectivity index (χ2v) is 6.32. The van der Waals surface area contributed by atoms with E-state index in [1.165, 1.54) is 12.6 Å². The molecule has 0 unspecified atom stereocenters. The molecule has 9 heteroatoms. The highest BCUT2D eigenvalue weighted by molar-refractivity contribution is 7.90. The molecule has 2 heterocycles. The third-order valence-electron chi connectivity index (χ3n) is 2.44. The SMILES string of the molecule is CN(CCS(C)(=O)=O)c1nc(N)nc2nc[nH]c12. The van der Waals surface area contributed by atoms with Gasteiger partial charge in [-0.1, -0.05) is 0 Å². The summed E-state index contributed by atoms with van der Waals surface area (Å²) in [7, 11) is -1.28. The molecule has 0 aliphatic rings. The number of rotatable bonds is 4. The summed E-state index contributed by atoms with van der Waals surface area (Å²) >= 11 is 0. The van der Waals surface area contributed by atoms with E-state index in [1.54, 1.807) is 11.9 Å². The zero-order valence-electron chi connectivity index (χ0n) is 10.1. The Bertz CT molecular complexity index is 665. The lowest BCUT2D eigenvalue weighted by Crippen LogP contribution is -2.26. The number of aromatic amines is 1. The number of hydrogen-bond acceptors (Lipinski definition) is 7. The number of aromatic nitrogens is 4. The van der Waals surface area contributed by atoms with E-state index in [0.717, 1.165) is 0 Å². The summed E-state index contributed by atoms with van der Waals surface area (Å²) in [5, 5.41) is 0. The average molecular weight is 270 g/mol. The Morgan fingerprint density at radius 3 is 2.83 bits per heavy atom. The highest BCUT2D eigenvalue weighted by Crippen LogP contribution is 2.20. The second-order valence-electron chi connectivity index (χ2n) is 4.06. The predicted molar refractivity (Wildman–Crippen MR) is 69.1 cm³/mol. The fraction of sp³-hybridized carbons (Fsp3) is 0.444. The molecule has 0 aliphatic carbocycles. The first-order valence-electron chi connectivity index (χ1n) is 5.22. The minimum absolute atomic E-state index is 0.0447. The molecule has 0 saturated heterocycles. The number of imidazole rings is 1. The molecule has 0 fully saturated rings. The van der Waals surface area contributed by atoms with Crippen LogP contribution in [0.2, 0.25) is 0 Å². The molecule has 0 saturated carbocycles. The van der Waals surface area contributed by atoms with E-state index in [9.17, 15) is 8.42 Å². The van der Waals surface area contributed by atoms with Gasteiger partial charge >= 0.3 is 0 Å². The number of anilines is 2. The number of H-pyrrole nitrogens is 1. The molecule has 3 N–H and O–H groups in total. The maximum atomic E-state index is 11.1. The fourth-order valence-corrected chi connectivity index (χ4v) is 2.12. The van der Waals surface area contributed by atoms with Gasteiger partial charge in [0, 0.05) is 19.8 Å². The van der Waals surface area contributed by atoms with Crippen molar-refractivity contribution in [3.63, 3.8) is 0 Å². The second kappa shape index (κ2) is 4.41. The molecule has 2 rings (SSSR count). The molecule has 2 aromatic heterocycles. The predicted octanol–water partition coefficient (Wildman–Crippen LogP) is -0.584. The van der Waals surface area contributed by atoms with E-state index in [4.69, 9.17) is 5.73 Å². The van der Waals surface area contributed by atoms with Crippen LogP contribution in [0.5, 0.6) is 0 Å². The largest absolute Gasteiger partial charge is 0.368 e. The van der Waals surface area contributed by atoms with Crippen molar-refractivity contribution in [3.8, 4) is 0 Å². The number of nitrogens with two attached hydrogens (primary N) is 1. The number of hydrogen-bond donors (Lipinski definition) is 2. The number of sulfone groups is 1. The van der Waals surface area contributed by atoms with Crippen molar-refractivity contribution in [2.24, 2.45) is 0 Å². The standard InChI is InChI=1S/C9H14N6O2S/c1-15(3-4-18(2,16)17)8-6-7(12-5-11-6)13-9(10)14-8/h5H,3-4H2,1-2H3,(H3,10,11,12,13,14). The van der Waals surface area contributed by atoms with Crippen molar-refractivity contribution in [3.05, 3.63) is 6.33 Å². The third kappa shape index (κ3) is 2.67. The van der Waals surface area contributed by atoms with Crippen LogP contribution in [-0.2, 0) is 9.84 Å². The van der Waals surface area contributed by atoms with Crippen molar-refractivity contribution < 1.29 is 8.42 Å². The Balaban J connectivity index is 2.32. The summed E-state index contributed by atoms with van der Waals surface area (Å²) in [4.78, 5) is 16.7. The van der Waals surface area contributed by atoms with Gasteiger partial charge in [0.2, 0.25) is 5.95 Å². The Morgan fingerprint density at radius 2 is 2.17 bits per heavy atom.